The molecule has 0 atom stereocenters. The highest BCUT2D eigenvalue weighted by atomic mass is 35.5. The molecule has 0 saturated carbocycles. The third kappa shape index (κ3) is 5.05. The van der Waals surface area contributed by atoms with Gasteiger partial charge in [-0.25, -0.2) is 9.18 Å². The number of anilines is 1. The maximum Gasteiger partial charge on any atom is 0.343 e. The van der Waals surface area contributed by atoms with E-state index in [1.54, 1.807) is 6.92 Å². The minimum Gasteiger partial charge on any atom is -0.462 e. The highest BCUT2D eigenvalue weighted by molar-refractivity contribution is 6.39. The Morgan fingerprint density at radius 2 is 1.84 bits per heavy atom. The van der Waals surface area contributed by atoms with E-state index in [0.29, 0.717) is 10.7 Å². The molecule has 2 rings (SSSR count). The number of rotatable bonds is 6. The van der Waals surface area contributed by atoms with Gasteiger partial charge < -0.3 is 10.1 Å². The SMILES string of the molecule is CCOC(=O)/C(=C\Nc1ccc(F)cc1)C(=O)c1ccc(Cl)cc1Cl. The van der Waals surface area contributed by atoms with E-state index in [1.165, 1.54) is 48.7 Å². The first-order valence-electron chi connectivity index (χ1n) is 7.31. The molecule has 0 fully saturated rings. The topological polar surface area (TPSA) is 55.4 Å². The van der Waals surface area contributed by atoms with Gasteiger partial charge in [-0.3, -0.25) is 4.79 Å². The van der Waals surface area contributed by atoms with Crippen LogP contribution in [0.1, 0.15) is 17.3 Å². The standard InChI is InChI=1S/C18H14Cl2FNO3/c1-2-25-18(24)15(10-22-13-6-4-12(21)5-7-13)17(23)14-8-3-11(19)9-16(14)20/h3-10,22H,2H2,1H3/b15-10-. The van der Waals surface area contributed by atoms with Crippen LogP contribution < -0.4 is 5.32 Å². The van der Waals surface area contributed by atoms with Gasteiger partial charge in [0.1, 0.15) is 11.4 Å². The lowest BCUT2D eigenvalue weighted by Crippen LogP contribution is -2.18. The van der Waals surface area contributed by atoms with E-state index in [0.717, 1.165) is 0 Å². The molecule has 0 bridgehead atoms. The fraction of sp³-hybridized carbons (Fsp3) is 0.111. The lowest BCUT2D eigenvalue weighted by molar-refractivity contribution is -0.138. The second kappa shape index (κ2) is 8.65. The summed E-state index contributed by atoms with van der Waals surface area (Å²) >= 11 is 11.9. The molecule has 0 heterocycles. The van der Waals surface area contributed by atoms with Crippen LogP contribution in [0.3, 0.4) is 0 Å². The molecule has 0 radical (unpaired) electrons. The number of benzene rings is 2. The van der Waals surface area contributed by atoms with E-state index in [4.69, 9.17) is 27.9 Å². The molecule has 1 N–H and O–H groups in total. The molecule has 25 heavy (non-hydrogen) atoms. The number of hydrogen-bond acceptors (Lipinski definition) is 4. The number of nitrogens with one attached hydrogen (secondary N) is 1. The molecule has 0 saturated heterocycles. The predicted octanol–water partition coefficient (Wildman–Crippen LogP) is 4.87. The summed E-state index contributed by atoms with van der Waals surface area (Å²) in [7, 11) is 0. The van der Waals surface area contributed by atoms with E-state index < -0.39 is 17.6 Å². The van der Waals surface area contributed by atoms with Crippen LogP contribution in [0.15, 0.2) is 54.2 Å². The van der Waals surface area contributed by atoms with Crippen molar-refractivity contribution in [2.24, 2.45) is 0 Å². The number of esters is 1. The summed E-state index contributed by atoms with van der Waals surface area (Å²) in [5.41, 5.74) is 0.375. The normalized spacial score (nSPS) is 11.1. The van der Waals surface area contributed by atoms with Gasteiger partial charge in [0, 0.05) is 22.5 Å². The summed E-state index contributed by atoms with van der Waals surface area (Å²) in [6.07, 6.45) is 1.21. The molecule has 0 aliphatic carbocycles. The minimum atomic E-state index is -0.798. The minimum absolute atomic E-state index is 0.106. The van der Waals surface area contributed by atoms with Crippen molar-refractivity contribution in [3.8, 4) is 0 Å². The Labute approximate surface area is 154 Å². The molecule has 2 aromatic rings. The van der Waals surface area contributed by atoms with Gasteiger partial charge in [-0.15, -0.1) is 0 Å². The van der Waals surface area contributed by atoms with Crippen LogP contribution >= 0.6 is 23.2 Å². The van der Waals surface area contributed by atoms with E-state index in [9.17, 15) is 14.0 Å². The summed E-state index contributed by atoms with van der Waals surface area (Å²) in [5.74, 6) is -1.81. The van der Waals surface area contributed by atoms with Gasteiger partial charge in [-0.05, 0) is 49.4 Å². The van der Waals surface area contributed by atoms with Crippen molar-refractivity contribution in [1.29, 1.82) is 0 Å². The monoisotopic (exact) mass is 381 g/mol. The summed E-state index contributed by atoms with van der Waals surface area (Å²) < 4.78 is 17.9. The molecular weight excluding hydrogens is 368 g/mol. The molecule has 2 aromatic carbocycles. The first kappa shape index (κ1) is 19.0. The van der Waals surface area contributed by atoms with E-state index in [2.05, 4.69) is 5.32 Å². The van der Waals surface area contributed by atoms with Crippen LogP contribution in [-0.2, 0) is 9.53 Å². The summed E-state index contributed by atoms with van der Waals surface area (Å²) in [6.45, 7) is 1.73. The van der Waals surface area contributed by atoms with Gasteiger partial charge in [0.05, 0.1) is 11.6 Å². The van der Waals surface area contributed by atoms with Crippen LogP contribution in [-0.4, -0.2) is 18.4 Å². The molecule has 0 aliphatic heterocycles. The van der Waals surface area contributed by atoms with Gasteiger partial charge in [-0.2, -0.15) is 0 Å². The van der Waals surface area contributed by atoms with Crippen molar-refractivity contribution in [2.45, 2.75) is 6.92 Å². The lowest BCUT2D eigenvalue weighted by Gasteiger charge is -2.09. The number of carbonyl (C=O) groups is 2. The highest BCUT2D eigenvalue weighted by Gasteiger charge is 2.23. The van der Waals surface area contributed by atoms with Gasteiger partial charge in [0.2, 0.25) is 5.78 Å². The largest absolute Gasteiger partial charge is 0.462 e. The number of ketones is 1. The Balaban J connectivity index is 2.34. The molecule has 0 aliphatic rings. The number of Topliss-reactive ketones (excluding diaryl/α,β-unsaturated/α-hetero) is 1. The van der Waals surface area contributed by atoms with E-state index in [-0.39, 0.29) is 22.8 Å². The average molecular weight is 382 g/mol. The quantitative estimate of drug-likeness (QED) is 0.255. The maximum absolute atomic E-state index is 12.9. The Morgan fingerprint density at radius 3 is 2.44 bits per heavy atom. The number of carbonyl (C=O) groups excluding carboxylic acids is 2. The van der Waals surface area contributed by atoms with Crippen LogP contribution in [0, 0.1) is 5.82 Å². The summed E-state index contributed by atoms with van der Waals surface area (Å²) in [6, 6.07) is 9.76. The Bertz CT molecular complexity index is 820. The zero-order valence-electron chi connectivity index (χ0n) is 13.2. The summed E-state index contributed by atoms with van der Waals surface area (Å²) in [5, 5.41) is 3.26. The number of ether oxygens (including phenoxy) is 1. The van der Waals surface area contributed by atoms with Crippen LogP contribution in [0.4, 0.5) is 10.1 Å². The lowest BCUT2D eigenvalue weighted by atomic mass is 10.0. The summed E-state index contributed by atoms with van der Waals surface area (Å²) in [4.78, 5) is 24.8. The smallest absolute Gasteiger partial charge is 0.343 e. The van der Waals surface area contributed by atoms with Gasteiger partial charge >= 0.3 is 5.97 Å². The number of hydrogen-bond donors (Lipinski definition) is 1. The Hall–Kier alpha value is -2.37. The van der Waals surface area contributed by atoms with Crippen molar-refractivity contribution >= 4 is 40.6 Å². The van der Waals surface area contributed by atoms with Gasteiger partial charge in [-0.1, -0.05) is 23.2 Å². The molecule has 4 nitrogen and oxygen atoms in total. The third-order valence-electron chi connectivity index (χ3n) is 3.14. The Morgan fingerprint density at radius 1 is 1.16 bits per heavy atom. The molecule has 0 unspecified atom stereocenters. The third-order valence-corrected chi connectivity index (χ3v) is 3.69. The van der Waals surface area contributed by atoms with Crippen molar-refractivity contribution in [3.05, 3.63) is 75.7 Å². The van der Waals surface area contributed by atoms with Crippen LogP contribution in [0.25, 0.3) is 0 Å². The fourth-order valence-electron chi connectivity index (χ4n) is 1.95. The zero-order chi connectivity index (χ0) is 18.4. The first-order chi connectivity index (χ1) is 11.9. The van der Waals surface area contributed by atoms with E-state index >= 15 is 0 Å². The Kier molecular flexibility index (Phi) is 6.56. The highest BCUT2D eigenvalue weighted by Crippen LogP contribution is 2.24. The van der Waals surface area contributed by atoms with Crippen molar-refractivity contribution in [3.63, 3.8) is 0 Å². The van der Waals surface area contributed by atoms with Crippen molar-refractivity contribution < 1.29 is 18.7 Å². The van der Waals surface area contributed by atoms with Crippen molar-refractivity contribution in [2.75, 3.05) is 11.9 Å². The van der Waals surface area contributed by atoms with Crippen LogP contribution in [0.5, 0.6) is 0 Å². The van der Waals surface area contributed by atoms with E-state index in [1.807, 2.05) is 0 Å². The van der Waals surface area contributed by atoms with Crippen molar-refractivity contribution in [1.82, 2.24) is 0 Å². The average Bonchev–Trinajstić information content (AvgIpc) is 2.56. The zero-order valence-corrected chi connectivity index (χ0v) is 14.7. The maximum atomic E-state index is 12.9. The molecular formula is C18H14Cl2FNO3. The predicted molar refractivity (Wildman–Crippen MR) is 95.5 cm³/mol. The number of halogens is 3. The molecule has 130 valence electrons. The van der Waals surface area contributed by atoms with Gasteiger partial charge in [0.15, 0.2) is 0 Å². The van der Waals surface area contributed by atoms with Gasteiger partial charge in [0.25, 0.3) is 0 Å². The fourth-order valence-corrected chi connectivity index (χ4v) is 2.44. The first-order valence-corrected chi connectivity index (χ1v) is 8.07. The second-order valence-electron chi connectivity index (χ2n) is 4.88. The molecule has 0 aromatic heterocycles. The molecule has 7 heteroatoms. The van der Waals surface area contributed by atoms with Crippen LogP contribution in [0.2, 0.25) is 10.0 Å². The second-order valence-corrected chi connectivity index (χ2v) is 5.73. The molecule has 0 spiro atoms. The molecule has 0 amide bonds.